The van der Waals surface area contributed by atoms with E-state index in [0.717, 1.165) is 16.7 Å². The van der Waals surface area contributed by atoms with Crippen molar-refractivity contribution in [1.82, 2.24) is 20.0 Å². The van der Waals surface area contributed by atoms with Crippen molar-refractivity contribution < 1.29 is 22.7 Å². The Bertz CT molecular complexity index is 1340. The molecule has 2 heterocycles. The van der Waals surface area contributed by atoms with Crippen LogP contribution in [0.1, 0.15) is 15.9 Å². The van der Waals surface area contributed by atoms with Gasteiger partial charge in [-0.3, -0.25) is 15.2 Å². The molecule has 11 heteroatoms. The summed E-state index contributed by atoms with van der Waals surface area (Å²) in [6.07, 6.45) is -4.27. The molecule has 33 heavy (non-hydrogen) atoms. The number of anilines is 1. The van der Waals surface area contributed by atoms with E-state index in [1.54, 1.807) is 54.3 Å². The number of nitrogens with zero attached hydrogens (tertiary/aromatic N) is 4. The highest BCUT2D eigenvalue weighted by atomic mass is 19.4. The van der Waals surface area contributed by atoms with E-state index in [9.17, 15) is 18.0 Å². The molecule has 4 aromatic rings. The standard InChI is InChI=1S/C22H19F3N6O2/c1-12-3-4-14(19(32)29-18-7-8-28-31(18)2)10-17(12)13-5-6-16-15(9-13)11-27-30-20(16)33-21(26)22(23,24)25/h3-11,21H,26H2,1-2H3,(H,29,32)/t21-/m0/s1. The molecular weight excluding hydrogens is 437 g/mol. The number of alkyl halides is 3. The maximum absolute atomic E-state index is 12.8. The van der Waals surface area contributed by atoms with Crippen molar-refractivity contribution in [2.24, 2.45) is 12.8 Å². The summed E-state index contributed by atoms with van der Waals surface area (Å²) in [5.41, 5.74) is 7.92. The summed E-state index contributed by atoms with van der Waals surface area (Å²) < 4.78 is 44.7. The first-order valence-corrected chi connectivity index (χ1v) is 9.78. The summed E-state index contributed by atoms with van der Waals surface area (Å²) in [5.74, 6) is -0.0655. The van der Waals surface area contributed by atoms with Crippen LogP contribution in [-0.2, 0) is 7.05 Å². The molecule has 8 nitrogen and oxygen atoms in total. The number of nitrogens with two attached hydrogens (primary N) is 1. The third-order valence-corrected chi connectivity index (χ3v) is 5.06. The fraction of sp³-hybridized carbons (Fsp3) is 0.182. The molecule has 170 valence electrons. The number of halogens is 3. The van der Waals surface area contributed by atoms with Crippen molar-refractivity contribution >= 4 is 22.5 Å². The van der Waals surface area contributed by atoms with Crippen molar-refractivity contribution in [3.63, 3.8) is 0 Å². The van der Waals surface area contributed by atoms with E-state index in [4.69, 9.17) is 10.5 Å². The van der Waals surface area contributed by atoms with E-state index in [1.807, 2.05) is 13.0 Å². The first-order chi connectivity index (χ1) is 15.6. The lowest BCUT2D eigenvalue weighted by molar-refractivity contribution is -0.193. The first-order valence-electron chi connectivity index (χ1n) is 9.78. The molecule has 0 unspecified atom stereocenters. The monoisotopic (exact) mass is 456 g/mol. The van der Waals surface area contributed by atoms with Gasteiger partial charge in [0.15, 0.2) is 0 Å². The number of rotatable bonds is 5. The van der Waals surface area contributed by atoms with Crippen molar-refractivity contribution in [2.75, 3.05) is 5.32 Å². The van der Waals surface area contributed by atoms with Crippen LogP contribution in [0.5, 0.6) is 5.88 Å². The third-order valence-electron chi connectivity index (χ3n) is 5.06. The number of ether oxygens (including phenoxy) is 1. The van der Waals surface area contributed by atoms with Crippen molar-refractivity contribution in [1.29, 1.82) is 0 Å². The zero-order valence-electron chi connectivity index (χ0n) is 17.6. The molecule has 0 fully saturated rings. The van der Waals surface area contributed by atoms with Gasteiger partial charge in [0, 0.05) is 29.4 Å². The SMILES string of the molecule is Cc1ccc(C(=O)Nc2ccnn2C)cc1-c1ccc2c(O[C@H](N)C(F)(F)F)nncc2c1. The van der Waals surface area contributed by atoms with Crippen LogP contribution < -0.4 is 15.8 Å². The molecule has 1 atom stereocenters. The van der Waals surface area contributed by atoms with Crippen LogP contribution in [0.4, 0.5) is 19.0 Å². The molecule has 0 aliphatic heterocycles. The Morgan fingerprint density at radius 1 is 1.18 bits per heavy atom. The van der Waals surface area contributed by atoms with E-state index >= 15 is 0 Å². The minimum atomic E-state index is -4.74. The summed E-state index contributed by atoms with van der Waals surface area (Å²) in [7, 11) is 1.72. The largest absolute Gasteiger partial charge is 0.447 e. The van der Waals surface area contributed by atoms with Gasteiger partial charge in [0.2, 0.25) is 12.1 Å². The number of benzene rings is 2. The highest BCUT2D eigenvalue weighted by molar-refractivity contribution is 6.04. The molecule has 1 amide bonds. The molecule has 0 saturated carbocycles. The van der Waals surface area contributed by atoms with Crippen molar-refractivity contribution in [3.8, 4) is 17.0 Å². The summed E-state index contributed by atoms with van der Waals surface area (Å²) in [5, 5.41) is 15.0. The normalized spacial score (nSPS) is 12.5. The van der Waals surface area contributed by atoms with Crippen LogP contribution in [0.3, 0.4) is 0 Å². The molecule has 2 aromatic carbocycles. The highest BCUT2D eigenvalue weighted by Crippen LogP contribution is 2.32. The maximum Gasteiger partial charge on any atom is 0.439 e. The van der Waals surface area contributed by atoms with Gasteiger partial charge in [0.05, 0.1) is 12.4 Å². The van der Waals surface area contributed by atoms with Gasteiger partial charge in [-0.2, -0.15) is 23.4 Å². The average Bonchev–Trinajstić information content (AvgIpc) is 3.17. The Labute approximate surface area is 186 Å². The fourth-order valence-electron chi connectivity index (χ4n) is 3.26. The smallest absolute Gasteiger partial charge is 0.439 e. The summed E-state index contributed by atoms with van der Waals surface area (Å²) in [4.78, 5) is 12.7. The van der Waals surface area contributed by atoms with Crippen molar-refractivity contribution in [3.05, 3.63) is 66.0 Å². The van der Waals surface area contributed by atoms with Gasteiger partial charge in [-0.05, 0) is 47.9 Å². The predicted molar refractivity (Wildman–Crippen MR) is 116 cm³/mol. The number of amides is 1. The molecule has 0 saturated heterocycles. The van der Waals surface area contributed by atoms with Crippen LogP contribution >= 0.6 is 0 Å². The first kappa shape index (κ1) is 22.2. The van der Waals surface area contributed by atoms with Gasteiger partial charge >= 0.3 is 6.18 Å². The third kappa shape index (κ3) is 4.62. The lowest BCUT2D eigenvalue weighted by Gasteiger charge is -2.17. The van der Waals surface area contributed by atoms with Gasteiger partial charge in [-0.15, -0.1) is 5.10 Å². The fourth-order valence-corrected chi connectivity index (χ4v) is 3.26. The van der Waals surface area contributed by atoms with Crippen LogP contribution in [-0.4, -0.2) is 38.3 Å². The quantitative estimate of drug-likeness (QED) is 0.442. The van der Waals surface area contributed by atoms with Crippen LogP contribution in [0.2, 0.25) is 0 Å². The molecule has 0 aliphatic carbocycles. The molecule has 0 spiro atoms. The zero-order valence-corrected chi connectivity index (χ0v) is 17.6. The van der Waals surface area contributed by atoms with Crippen molar-refractivity contribution in [2.45, 2.75) is 19.3 Å². The van der Waals surface area contributed by atoms with Crippen LogP contribution in [0.25, 0.3) is 21.9 Å². The lowest BCUT2D eigenvalue weighted by atomic mass is 9.96. The second-order valence-corrected chi connectivity index (χ2v) is 7.36. The summed E-state index contributed by atoms with van der Waals surface area (Å²) in [6, 6.07) is 12.0. The van der Waals surface area contributed by atoms with E-state index in [-0.39, 0.29) is 11.8 Å². The molecule has 3 N–H and O–H groups in total. The van der Waals surface area contributed by atoms with Gasteiger partial charge < -0.3 is 10.1 Å². The van der Waals surface area contributed by atoms with E-state index in [1.165, 1.54) is 6.20 Å². The number of hydrogen-bond donors (Lipinski definition) is 2. The molecular formula is C22H19F3N6O2. The number of hydrogen-bond acceptors (Lipinski definition) is 6. The van der Waals surface area contributed by atoms with E-state index in [0.29, 0.717) is 22.2 Å². The Morgan fingerprint density at radius 3 is 2.67 bits per heavy atom. The molecule has 2 aromatic heterocycles. The number of fused-ring (bicyclic) bond motifs is 1. The molecule has 0 radical (unpaired) electrons. The summed E-state index contributed by atoms with van der Waals surface area (Å²) >= 11 is 0. The number of aryl methyl sites for hydroxylation is 2. The Kier molecular flexibility index (Phi) is 5.73. The molecule has 4 rings (SSSR count). The number of aromatic nitrogens is 4. The topological polar surface area (TPSA) is 108 Å². The van der Waals surface area contributed by atoms with Crippen LogP contribution in [0, 0.1) is 6.92 Å². The second-order valence-electron chi connectivity index (χ2n) is 7.36. The van der Waals surface area contributed by atoms with E-state index in [2.05, 4.69) is 20.6 Å². The Morgan fingerprint density at radius 2 is 1.97 bits per heavy atom. The number of carbonyl (C=O) groups is 1. The Balaban J connectivity index is 1.67. The number of carbonyl (C=O) groups excluding carboxylic acids is 1. The lowest BCUT2D eigenvalue weighted by Crippen LogP contribution is -2.42. The summed E-state index contributed by atoms with van der Waals surface area (Å²) in [6.45, 7) is 1.89. The minimum Gasteiger partial charge on any atom is -0.447 e. The van der Waals surface area contributed by atoms with Gasteiger partial charge in [0.1, 0.15) is 5.82 Å². The van der Waals surface area contributed by atoms with Crippen LogP contribution in [0.15, 0.2) is 54.9 Å². The second kappa shape index (κ2) is 8.51. The molecule has 0 aliphatic rings. The predicted octanol–water partition coefficient (Wildman–Crippen LogP) is 3.82. The average molecular weight is 456 g/mol. The Hall–Kier alpha value is -3.99. The van der Waals surface area contributed by atoms with Gasteiger partial charge in [-0.1, -0.05) is 12.1 Å². The van der Waals surface area contributed by atoms with Gasteiger partial charge in [0.25, 0.3) is 5.91 Å². The zero-order chi connectivity index (χ0) is 23.8. The van der Waals surface area contributed by atoms with Gasteiger partial charge in [-0.25, -0.2) is 0 Å². The van der Waals surface area contributed by atoms with E-state index < -0.39 is 12.4 Å². The minimum absolute atomic E-state index is 0.302. The highest BCUT2D eigenvalue weighted by Gasteiger charge is 2.39. The number of nitrogens with one attached hydrogen (secondary N) is 1. The molecule has 0 bridgehead atoms. The maximum atomic E-state index is 12.8.